The van der Waals surface area contributed by atoms with Crippen LogP contribution in [-0.2, 0) is 11.3 Å². The Labute approximate surface area is 150 Å². The Kier molecular flexibility index (Phi) is 4.44. The molecule has 134 valence electrons. The van der Waals surface area contributed by atoms with Gasteiger partial charge in [0.1, 0.15) is 5.82 Å². The molecule has 0 unspecified atom stereocenters. The lowest BCUT2D eigenvalue weighted by molar-refractivity contribution is 0.0940. The van der Waals surface area contributed by atoms with Crippen molar-refractivity contribution in [1.82, 2.24) is 29.9 Å². The van der Waals surface area contributed by atoms with Gasteiger partial charge < -0.3 is 15.0 Å². The molecule has 9 nitrogen and oxygen atoms in total. The molecule has 1 fully saturated rings. The number of nitrogens with zero attached hydrogens (tertiary/aromatic N) is 6. The predicted molar refractivity (Wildman–Crippen MR) is 94.0 cm³/mol. The second kappa shape index (κ2) is 7.04. The van der Waals surface area contributed by atoms with Crippen LogP contribution in [0.1, 0.15) is 21.9 Å². The first-order valence-electron chi connectivity index (χ1n) is 8.45. The van der Waals surface area contributed by atoms with E-state index >= 15 is 0 Å². The normalized spacial score (nSPS) is 14.6. The van der Waals surface area contributed by atoms with E-state index in [1.54, 1.807) is 16.9 Å². The van der Waals surface area contributed by atoms with Gasteiger partial charge in [0.25, 0.3) is 11.7 Å². The topological polar surface area (TPSA) is 97.5 Å². The molecule has 0 saturated carbocycles. The minimum absolute atomic E-state index is 0.101. The molecule has 26 heavy (non-hydrogen) atoms. The standard InChI is InChI=1S/C17H19N7O2/c1-12-4-6-19-17-21-14(22-24(12)17)16(25)20-11-13-3-2-5-18-15(13)23-7-9-26-10-8-23/h2-6H,7-11H2,1H3,(H,20,25). The van der Waals surface area contributed by atoms with Crippen molar-refractivity contribution in [3.8, 4) is 0 Å². The number of hydrogen-bond acceptors (Lipinski definition) is 7. The molecule has 9 heteroatoms. The maximum absolute atomic E-state index is 12.5. The van der Waals surface area contributed by atoms with Crippen molar-refractivity contribution in [2.75, 3.05) is 31.2 Å². The Balaban J connectivity index is 1.50. The number of morpholine rings is 1. The number of carbonyl (C=O) groups excluding carboxylic acids is 1. The quantitative estimate of drug-likeness (QED) is 0.733. The summed E-state index contributed by atoms with van der Waals surface area (Å²) >= 11 is 0. The van der Waals surface area contributed by atoms with Gasteiger partial charge in [0.05, 0.1) is 13.2 Å². The fourth-order valence-electron chi connectivity index (χ4n) is 2.89. The summed E-state index contributed by atoms with van der Waals surface area (Å²) < 4.78 is 6.95. The van der Waals surface area contributed by atoms with Gasteiger partial charge >= 0.3 is 0 Å². The largest absolute Gasteiger partial charge is 0.378 e. The first kappa shape index (κ1) is 16.4. The molecule has 3 aromatic heterocycles. The zero-order valence-corrected chi connectivity index (χ0v) is 14.4. The maximum atomic E-state index is 12.5. The van der Waals surface area contributed by atoms with Gasteiger partial charge in [-0.1, -0.05) is 6.07 Å². The van der Waals surface area contributed by atoms with Gasteiger partial charge in [-0.05, 0) is 19.1 Å². The van der Waals surface area contributed by atoms with Crippen LogP contribution in [-0.4, -0.2) is 56.8 Å². The number of ether oxygens (including phenoxy) is 1. The van der Waals surface area contributed by atoms with Gasteiger partial charge in [-0.3, -0.25) is 4.79 Å². The van der Waals surface area contributed by atoms with Gasteiger partial charge in [0.2, 0.25) is 5.82 Å². The number of nitrogens with one attached hydrogen (secondary N) is 1. The summed E-state index contributed by atoms with van der Waals surface area (Å²) in [5.74, 6) is 1.04. The Morgan fingerprint density at radius 2 is 2.08 bits per heavy atom. The summed E-state index contributed by atoms with van der Waals surface area (Å²) in [6.07, 6.45) is 3.40. The zero-order chi connectivity index (χ0) is 17.9. The summed E-state index contributed by atoms with van der Waals surface area (Å²) in [6.45, 7) is 5.17. The monoisotopic (exact) mass is 353 g/mol. The highest BCUT2D eigenvalue weighted by molar-refractivity contribution is 5.90. The van der Waals surface area contributed by atoms with E-state index in [0.717, 1.165) is 30.2 Å². The van der Waals surface area contributed by atoms with Crippen LogP contribution >= 0.6 is 0 Å². The van der Waals surface area contributed by atoms with Gasteiger partial charge in [-0.25, -0.2) is 14.5 Å². The smallest absolute Gasteiger partial charge is 0.291 e. The number of fused-ring (bicyclic) bond motifs is 1. The van der Waals surface area contributed by atoms with E-state index < -0.39 is 0 Å². The van der Waals surface area contributed by atoms with Crippen LogP contribution in [0, 0.1) is 6.92 Å². The molecule has 0 spiro atoms. The van der Waals surface area contributed by atoms with Gasteiger partial charge in [0, 0.05) is 43.3 Å². The molecule has 1 aliphatic rings. The molecule has 0 aromatic carbocycles. The highest BCUT2D eigenvalue weighted by Gasteiger charge is 2.18. The van der Waals surface area contributed by atoms with E-state index in [1.807, 2.05) is 25.1 Å². The molecule has 1 N–H and O–H groups in total. The number of amides is 1. The molecule has 0 radical (unpaired) electrons. The van der Waals surface area contributed by atoms with Crippen LogP contribution in [0.4, 0.5) is 5.82 Å². The van der Waals surface area contributed by atoms with E-state index in [2.05, 4.69) is 30.3 Å². The van der Waals surface area contributed by atoms with Crippen molar-refractivity contribution >= 4 is 17.5 Å². The van der Waals surface area contributed by atoms with Crippen molar-refractivity contribution in [1.29, 1.82) is 0 Å². The van der Waals surface area contributed by atoms with Gasteiger partial charge in [-0.2, -0.15) is 4.98 Å². The van der Waals surface area contributed by atoms with Crippen molar-refractivity contribution in [2.45, 2.75) is 13.5 Å². The number of carbonyl (C=O) groups is 1. The third kappa shape index (κ3) is 3.21. The molecule has 1 aliphatic heterocycles. The molecular formula is C17H19N7O2. The van der Waals surface area contributed by atoms with Crippen LogP contribution in [0.15, 0.2) is 30.6 Å². The molecule has 4 heterocycles. The summed E-state index contributed by atoms with van der Waals surface area (Å²) in [7, 11) is 0. The van der Waals surface area contributed by atoms with Crippen molar-refractivity contribution in [3.05, 3.63) is 47.7 Å². The van der Waals surface area contributed by atoms with Crippen molar-refractivity contribution in [2.24, 2.45) is 0 Å². The highest BCUT2D eigenvalue weighted by atomic mass is 16.5. The van der Waals surface area contributed by atoms with Crippen molar-refractivity contribution < 1.29 is 9.53 Å². The highest BCUT2D eigenvalue weighted by Crippen LogP contribution is 2.18. The molecule has 0 bridgehead atoms. The van der Waals surface area contributed by atoms with Crippen LogP contribution in [0.25, 0.3) is 5.78 Å². The van der Waals surface area contributed by atoms with Crippen LogP contribution in [0.2, 0.25) is 0 Å². The number of anilines is 1. The zero-order valence-electron chi connectivity index (χ0n) is 14.4. The van der Waals surface area contributed by atoms with E-state index in [1.165, 1.54) is 0 Å². The van der Waals surface area contributed by atoms with E-state index in [4.69, 9.17) is 4.74 Å². The number of hydrogen-bond donors (Lipinski definition) is 1. The Bertz CT molecular complexity index is 934. The van der Waals surface area contributed by atoms with E-state index in [9.17, 15) is 4.79 Å². The molecule has 0 aliphatic carbocycles. The Morgan fingerprint density at radius 3 is 2.88 bits per heavy atom. The number of aromatic nitrogens is 5. The van der Waals surface area contributed by atoms with Crippen LogP contribution in [0.3, 0.4) is 0 Å². The summed E-state index contributed by atoms with van der Waals surface area (Å²) in [5, 5.41) is 7.10. The summed E-state index contributed by atoms with van der Waals surface area (Å²) in [6, 6.07) is 5.64. The lowest BCUT2D eigenvalue weighted by Crippen LogP contribution is -2.38. The maximum Gasteiger partial charge on any atom is 0.291 e. The van der Waals surface area contributed by atoms with E-state index in [0.29, 0.717) is 25.5 Å². The molecule has 0 atom stereocenters. The fraction of sp³-hybridized carbons (Fsp3) is 0.353. The SMILES string of the molecule is Cc1ccnc2nc(C(=O)NCc3cccnc3N3CCOCC3)nn12. The third-order valence-electron chi connectivity index (χ3n) is 4.25. The average Bonchev–Trinajstić information content (AvgIpc) is 3.13. The Morgan fingerprint density at radius 1 is 1.23 bits per heavy atom. The number of rotatable bonds is 4. The number of aryl methyl sites for hydroxylation is 1. The van der Waals surface area contributed by atoms with Gasteiger partial charge in [0.15, 0.2) is 0 Å². The first-order chi connectivity index (χ1) is 12.7. The van der Waals surface area contributed by atoms with Crippen LogP contribution < -0.4 is 10.2 Å². The second-order valence-corrected chi connectivity index (χ2v) is 6.00. The Hall–Kier alpha value is -3.07. The third-order valence-corrected chi connectivity index (χ3v) is 4.25. The first-order valence-corrected chi connectivity index (χ1v) is 8.45. The molecule has 1 saturated heterocycles. The average molecular weight is 353 g/mol. The van der Waals surface area contributed by atoms with Crippen molar-refractivity contribution in [3.63, 3.8) is 0 Å². The minimum atomic E-state index is -0.341. The summed E-state index contributed by atoms with van der Waals surface area (Å²) in [4.78, 5) is 27.4. The minimum Gasteiger partial charge on any atom is -0.378 e. The lowest BCUT2D eigenvalue weighted by atomic mass is 10.2. The van der Waals surface area contributed by atoms with E-state index in [-0.39, 0.29) is 11.7 Å². The molecular weight excluding hydrogens is 334 g/mol. The van der Waals surface area contributed by atoms with Crippen LogP contribution in [0.5, 0.6) is 0 Å². The fourth-order valence-corrected chi connectivity index (χ4v) is 2.89. The lowest BCUT2D eigenvalue weighted by Gasteiger charge is -2.29. The predicted octanol–water partition coefficient (Wildman–Crippen LogP) is 0.594. The summed E-state index contributed by atoms with van der Waals surface area (Å²) in [5.41, 5.74) is 1.81. The second-order valence-electron chi connectivity index (χ2n) is 6.00. The number of pyridine rings is 1. The molecule has 3 aromatic rings. The molecule has 4 rings (SSSR count). The molecule has 1 amide bonds. The van der Waals surface area contributed by atoms with Gasteiger partial charge in [-0.15, -0.1) is 5.10 Å².